The summed E-state index contributed by atoms with van der Waals surface area (Å²) in [6.07, 6.45) is 6.42. The van der Waals surface area contributed by atoms with Gasteiger partial charge in [-0.25, -0.2) is 4.31 Å². The van der Waals surface area contributed by atoms with Crippen molar-refractivity contribution in [3.8, 4) is 0 Å². The maximum Gasteiger partial charge on any atom is 0.0346 e. The van der Waals surface area contributed by atoms with Gasteiger partial charge in [-0.15, -0.1) is 0 Å². The fraction of sp³-hybridized carbons (Fsp3) is 0.500. The molecule has 1 aliphatic heterocycles. The van der Waals surface area contributed by atoms with E-state index in [0.29, 0.717) is 5.92 Å². The third kappa shape index (κ3) is 7.97. The molecule has 1 nitrogen and oxygen atoms in total. The van der Waals surface area contributed by atoms with E-state index < -0.39 is 0 Å². The van der Waals surface area contributed by atoms with Crippen LogP contribution in [0.5, 0.6) is 0 Å². The summed E-state index contributed by atoms with van der Waals surface area (Å²) < 4.78 is 2.40. The first kappa shape index (κ1) is 24.8. The predicted octanol–water partition coefficient (Wildman–Crippen LogP) is 7.38. The summed E-state index contributed by atoms with van der Waals surface area (Å²) in [4.78, 5) is 0. The highest BCUT2D eigenvalue weighted by atomic mass is 32.2. The molecule has 0 saturated carbocycles. The van der Waals surface area contributed by atoms with Crippen molar-refractivity contribution < 1.29 is 0 Å². The van der Waals surface area contributed by atoms with E-state index in [4.69, 9.17) is 0 Å². The minimum atomic E-state index is 0.576. The zero-order valence-corrected chi connectivity index (χ0v) is 18.9. The molecule has 0 aromatic heterocycles. The minimum absolute atomic E-state index is 0.576. The Labute approximate surface area is 167 Å². The normalized spacial score (nSPS) is 15.2. The van der Waals surface area contributed by atoms with Crippen molar-refractivity contribution in [1.82, 2.24) is 4.31 Å². The lowest BCUT2D eigenvalue weighted by Crippen LogP contribution is -2.27. The summed E-state index contributed by atoms with van der Waals surface area (Å²) in [6.45, 7) is 23.1. The number of benzene rings is 1. The third-order valence-corrected chi connectivity index (χ3v) is 5.71. The van der Waals surface area contributed by atoms with E-state index in [9.17, 15) is 0 Å². The highest BCUT2D eigenvalue weighted by Crippen LogP contribution is 2.31. The van der Waals surface area contributed by atoms with Crippen molar-refractivity contribution in [3.05, 3.63) is 71.3 Å². The number of rotatable bonds is 5. The van der Waals surface area contributed by atoms with Crippen molar-refractivity contribution in [2.75, 3.05) is 19.3 Å². The smallest absolute Gasteiger partial charge is 0.0346 e. The van der Waals surface area contributed by atoms with Crippen LogP contribution in [0.2, 0.25) is 0 Å². The fourth-order valence-corrected chi connectivity index (χ4v) is 3.18. The van der Waals surface area contributed by atoms with Crippen LogP contribution < -0.4 is 0 Å². The maximum atomic E-state index is 4.27. The number of nitrogens with zero attached hydrogens (tertiary/aromatic N) is 1. The average molecular weight is 374 g/mol. The summed E-state index contributed by atoms with van der Waals surface area (Å²) in [7, 11) is 0. The lowest BCUT2D eigenvalue weighted by Gasteiger charge is -2.30. The summed E-state index contributed by atoms with van der Waals surface area (Å²) in [6, 6.07) is 8.36. The molecule has 2 rings (SSSR count). The molecular formula is C24H39NS. The molecule has 0 fully saturated rings. The first-order valence-corrected chi connectivity index (χ1v) is 11.0. The van der Waals surface area contributed by atoms with Crippen LogP contribution in [0, 0.1) is 19.8 Å². The van der Waals surface area contributed by atoms with Gasteiger partial charge in [-0.05, 0) is 66.7 Å². The Morgan fingerprint density at radius 3 is 2.15 bits per heavy atom. The second-order valence-corrected chi connectivity index (χ2v) is 7.30. The molecule has 0 radical (unpaired) electrons. The highest BCUT2D eigenvalue weighted by Gasteiger charge is 2.20. The van der Waals surface area contributed by atoms with Gasteiger partial charge in [-0.3, -0.25) is 0 Å². The van der Waals surface area contributed by atoms with Gasteiger partial charge >= 0.3 is 0 Å². The molecule has 1 aromatic carbocycles. The van der Waals surface area contributed by atoms with Gasteiger partial charge in [-0.1, -0.05) is 83.1 Å². The van der Waals surface area contributed by atoms with Gasteiger partial charge in [0.15, 0.2) is 0 Å². The Hall–Kier alpha value is -1.25. The van der Waals surface area contributed by atoms with E-state index >= 15 is 0 Å². The zero-order chi connectivity index (χ0) is 20.1. The van der Waals surface area contributed by atoms with Crippen LogP contribution in [0.3, 0.4) is 0 Å². The van der Waals surface area contributed by atoms with Crippen LogP contribution in [-0.4, -0.2) is 23.7 Å². The van der Waals surface area contributed by atoms with Gasteiger partial charge in [0, 0.05) is 13.1 Å². The largest absolute Gasteiger partial charge is 0.246 e. The molecule has 1 aromatic rings. The van der Waals surface area contributed by atoms with Crippen LogP contribution in [0.15, 0.2) is 60.2 Å². The molecule has 0 bridgehead atoms. The Balaban J connectivity index is 0.000000522. The quantitative estimate of drug-likeness (QED) is 0.495. The molecular weight excluding hydrogens is 334 g/mol. The lowest BCUT2D eigenvalue weighted by atomic mass is 9.87. The first-order valence-electron chi connectivity index (χ1n) is 9.79. The number of aryl methyl sites for hydroxylation is 2. The van der Waals surface area contributed by atoms with Gasteiger partial charge < -0.3 is 0 Å². The molecule has 0 spiro atoms. The van der Waals surface area contributed by atoms with Gasteiger partial charge in [-0.2, -0.15) is 0 Å². The molecule has 1 atom stereocenters. The minimum Gasteiger partial charge on any atom is -0.246 e. The van der Waals surface area contributed by atoms with Crippen LogP contribution in [0.25, 0.3) is 0 Å². The molecule has 146 valence electrons. The van der Waals surface area contributed by atoms with Gasteiger partial charge in [0.1, 0.15) is 0 Å². The highest BCUT2D eigenvalue weighted by molar-refractivity contribution is 7.96. The zero-order valence-electron chi connectivity index (χ0n) is 18.1. The summed E-state index contributed by atoms with van der Waals surface area (Å²) in [5, 5.41) is 0. The first-order chi connectivity index (χ1) is 12.4. The van der Waals surface area contributed by atoms with E-state index in [1.165, 1.54) is 27.8 Å². The standard InChI is InChI=1S/C14H23NS.C8H10.C2H6/c1-6-11(3)12(4)14-10-15(16-5)9-8-13(14)7-2;1-7-5-3-4-6-8(7)2;1-2/h7,11H,2,4,6,8-10H2,1,3,5H3;3-6H,1-2H3;1-2H3. The Morgan fingerprint density at radius 1 is 1.23 bits per heavy atom. The number of hydrogen-bond donors (Lipinski definition) is 0. The van der Waals surface area contributed by atoms with Gasteiger partial charge in [0.2, 0.25) is 0 Å². The summed E-state index contributed by atoms with van der Waals surface area (Å²) >= 11 is 1.82. The monoisotopic (exact) mass is 373 g/mol. The molecule has 0 amide bonds. The van der Waals surface area contributed by atoms with Gasteiger partial charge in [0.25, 0.3) is 0 Å². The second kappa shape index (κ2) is 13.9. The molecule has 2 heteroatoms. The van der Waals surface area contributed by atoms with E-state index in [-0.39, 0.29) is 0 Å². The summed E-state index contributed by atoms with van der Waals surface area (Å²) in [5.74, 6) is 0.576. The summed E-state index contributed by atoms with van der Waals surface area (Å²) in [5.41, 5.74) is 6.86. The van der Waals surface area contributed by atoms with E-state index in [0.717, 1.165) is 25.9 Å². The van der Waals surface area contributed by atoms with Crippen molar-refractivity contribution in [2.24, 2.45) is 5.92 Å². The Morgan fingerprint density at radius 2 is 1.77 bits per heavy atom. The predicted molar refractivity (Wildman–Crippen MR) is 123 cm³/mol. The average Bonchev–Trinajstić information content (AvgIpc) is 2.70. The molecule has 1 heterocycles. The van der Waals surface area contributed by atoms with Crippen LogP contribution in [0.1, 0.15) is 51.7 Å². The molecule has 1 unspecified atom stereocenters. The SMILES string of the molecule is C=CC1=C(C(=C)C(C)CC)CN(SC)CC1.CC.Cc1ccccc1C. The molecule has 0 saturated heterocycles. The number of hydrogen-bond acceptors (Lipinski definition) is 2. The topological polar surface area (TPSA) is 3.24 Å². The van der Waals surface area contributed by atoms with Gasteiger partial charge in [0.05, 0.1) is 0 Å². The lowest BCUT2D eigenvalue weighted by molar-refractivity contribution is 0.483. The van der Waals surface area contributed by atoms with Crippen LogP contribution in [-0.2, 0) is 0 Å². The second-order valence-electron chi connectivity index (χ2n) is 6.42. The molecule has 26 heavy (non-hydrogen) atoms. The van der Waals surface area contributed by atoms with Crippen molar-refractivity contribution in [2.45, 2.75) is 54.4 Å². The van der Waals surface area contributed by atoms with E-state index in [1.54, 1.807) is 0 Å². The Kier molecular flexibility index (Phi) is 13.2. The van der Waals surface area contributed by atoms with Crippen molar-refractivity contribution >= 4 is 11.9 Å². The number of allylic oxidation sites excluding steroid dienone is 1. The van der Waals surface area contributed by atoms with Crippen molar-refractivity contribution in [1.29, 1.82) is 0 Å². The third-order valence-electron chi connectivity index (χ3n) is 4.88. The van der Waals surface area contributed by atoms with E-state index in [1.807, 2.05) is 31.9 Å². The van der Waals surface area contributed by atoms with Crippen molar-refractivity contribution in [3.63, 3.8) is 0 Å². The maximum absolute atomic E-state index is 4.27. The van der Waals surface area contributed by atoms with Crippen LogP contribution >= 0.6 is 11.9 Å². The van der Waals surface area contributed by atoms with Crippen LogP contribution in [0.4, 0.5) is 0 Å². The van der Waals surface area contributed by atoms with E-state index in [2.05, 4.69) is 75.7 Å². The molecule has 0 aliphatic carbocycles. The Bertz CT molecular complexity index is 565. The molecule has 1 aliphatic rings. The fourth-order valence-electron chi connectivity index (χ4n) is 2.65. The molecule has 0 N–H and O–H groups in total.